The maximum absolute atomic E-state index is 13.4. The molecule has 0 aliphatic carbocycles. The number of hydrogen-bond donors (Lipinski definition) is 1. The lowest BCUT2D eigenvalue weighted by atomic mass is 10.1. The van der Waals surface area contributed by atoms with Crippen molar-refractivity contribution < 1.29 is 14.0 Å². The predicted octanol–water partition coefficient (Wildman–Crippen LogP) is 1.89. The monoisotopic (exact) mass is 399 g/mol. The Morgan fingerprint density at radius 2 is 1.93 bits per heavy atom. The number of rotatable bonds is 6. The van der Waals surface area contributed by atoms with E-state index in [1.54, 1.807) is 27.8 Å². The Kier molecular flexibility index (Phi) is 5.89. The van der Waals surface area contributed by atoms with Crippen molar-refractivity contribution >= 4 is 11.8 Å². The standard InChI is InChI=1S/C21H26FN5O2/c22-17-6-4-5-16(13-17)15-26-11-12-27-19(21(26)29)14-18(24-27)20(28)23-7-10-25-8-2-1-3-9-25/h4-6,13-14H,1-3,7-12,15H2,(H,23,28). The van der Waals surface area contributed by atoms with E-state index in [0.717, 1.165) is 25.2 Å². The molecule has 8 heteroatoms. The zero-order valence-corrected chi connectivity index (χ0v) is 16.4. The molecule has 0 radical (unpaired) electrons. The minimum Gasteiger partial charge on any atom is -0.349 e. The molecule has 0 spiro atoms. The Morgan fingerprint density at radius 3 is 2.72 bits per heavy atom. The van der Waals surface area contributed by atoms with Gasteiger partial charge in [0.25, 0.3) is 11.8 Å². The maximum atomic E-state index is 13.4. The summed E-state index contributed by atoms with van der Waals surface area (Å²) in [6.45, 7) is 4.89. The van der Waals surface area contributed by atoms with Crippen LogP contribution in [0.5, 0.6) is 0 Å². The van der Waals surface area contributed by atoms with Crippen LogP contribution >= 0.6 is 0 Å². The van der Waals surface area contributed by atoms with E-state index in [2.05, 4.69) is 15.3 Å². The first kappa shape index (κ1) is 19.6. The average molecular weight is 399 g/mol. The number of aromatic nitrogens is 2. The van der Waals surface area contributed by atoms with Crippen LogP contribution in [0, 0.1) is 5.82 Å². The van der Waals surface area contributed by atoms with Gasteiger partial charge < -0.3 is 15.1 Å². The second-order valence-corrected chi connectivity index (χ2v) is 7.65. The fourth-order valence-corrected chi connectivity index (χ4v) is 3.96. The molecular formula is C21H26FN5O2. The highest BCUT2D eigenvalue weighted by Gasteiger charge is 2.28. The number of likely N-dealkylation sites (tertiary alicyclic amines) is 1. The van der Waals surface area contributed by atoms with Crippen LogP contribution < -0.4 is 5.32 Å². The summed E-state index contributed by atoms with van der Waals surface area (Å²) in [5.74, 6) is -0.769. The number of benzene rings is 1. The molecule has 29 heavy (non-hydrogen) atoms. The highest BCUT2D eigenvalue weighted by molar-refractivity contribution is 5.98. The summed E-state index contributed by atoms with van der Waals surface area (Å²) in [6.07, 6.45) is 3.72. The number of nitrogens with zero attached hydrogens (tertiary/aromatic N) is 4. The van der Waals surface area contributed by atoms with Gasteiger partial charge in [-0.3, -0.25) is 14.3 Å². The lowest BCUT2D eigenvalue weighted by molar-refractivity contribution is 0.0682. The Hall–Kier alpha value is -2.74. The van der Waals surface area contributed by atoms with Crippen molar-refractivity contribution in [3.8, 4) is 0 Å². The highest BCUT2D eigenvalue weighted by atomic mass is 19.1. The molecule has 1 saturated heterocycles. The molecule has 4 rings (SSSR count). The molecule has 2 amide bonds. The number of hydrogen-bond acceptors (Lipinski definition) is 4. The zero-order valence-electron chi connectivity index (χ0n) is 16.4. The van der Waals surface area contributed by atoms with Crippen LogP contribution in [-0.4, -0.2) is 64.1 Å². The van der Waals surface area contributed by atoms with Gasteiger partial charge in [-0.2, -0.15) is 5.10 Å². The van der Waals surface area contributed by atoms with Gasteiger partial charge in [-0.25, -0.2) is 4.39 Å². The summed E-state index contributed by atoms with van der Waals surface area (Å²) in [6, 6.07) is 7.79. The fourth-order valence-electron chi connectivity index (χ4n) is 3.96. The van der Waals surface area contributed by atoms with E-state index < -0.39 is 0 Å². The summed E-state index contributed by atoms with van der Waals surface area (Å²) in [5.41, 5.74) is 1.40. The first-order chi connectivity index (χ1) is 14.1. The first-order valence-electron chi connectivity index (χ1n) is 10.2. The van der Waals surface area contributed by atoms with Crippen LogP contribution in [0.4, 0.5) is 4.39 Å². The summed E-state index contributed by atoms with van der Waals surface area (Å²) in [7, 11) is 0. The minimum atomic E-state index is -0.319. The molecule has 7 nitrogen and oxygen atoms in total. The minimum absolute atomic E-state index is 0.194. The van der Waals surface area contributed by atoms with Gasteiger partial charge in [0.15, 0.2) is 5.69 Å². The predicted molar refractivity (Wildman–Crippen MR) is 106 cm³/mol. The van der Waals surface area contributed by atoms with Crippen LogP contribution in [0.15, 0.2) is 30.3 Å². The number of halogens is 1. The van der Waals surface area contributed by atoms with Gasteiger partial charge in [0.1, 0.15) is 11.5 Å². The molecule has 2 aliphatic rings. The molecule has 2 aliphatic heterocycles. The Morgan fingerprint density at radius 1 is 1.10 bits per heavy atom. The number of nitrogens with one attached hydrogen (secondary N) is 1. The first-order valence-corrected chi connectivity index (χ1v) is 10.2. The van der Waals surface area contributed by atoms with Crippen molar-refractivity contribution in [3.05, 3.63) is 53.1 Å². The SMILES string of the molecule is O=C(NCCN1CCCCC1)c1cc2n(n1)CCN(Cc1cccc(F)c1)C2=O. The quantitative estimate of drug-likeness (QED) is 0.805. The Labute approximate surface area is 169 Å². The number of carbonyl (C=O) groups is 2. The number of piperidine rings is 1. The molecule has 0 saturated carbocycles. The lowest BCUT2D eigenvalue weighted by Gasteiger charge is -2.27. The summed E-state index contributed by atoms with van der Waals surface area (Å²) < 4.78 is 15.0. The molecule has 1 fully saturated rings. The molecular weight excluding hydrogens is 373 g/mol. The van der Waals surface area contributed by atoms with Crippen LogP contribution in [0.3, 0.4) is 0 Å². The van der Waals surface area contributed by atoms with E-state index in [1.165, 1.54) is 31.4 Å². The van der Waals surface area contributed by atoms with Gasteiger partial charge in [-0.15, -0.1) is 0 Å². The summed E-state index contributed by atoms with van der Waals surface area (Å²) >= 11 is 0. The van der Waals surface area contributed by atoms with E-state index in [9.17, 15) is 14.0 Å². The fraction of sp³-hybridized carbons (Fsp3) is 0.476. The highest BCUT2D eigenvalue weighted by Crippen LogP contribution is 2.17. The van der Waals surface area contributed by atoms with Crippen LogP contribution in [0.25, 0.3) is 0 Å². The van der Waals surface area contributed by atoms with Gasteiger partial charge >= 0.3 is 0 Å². The third-order valence-electron chi connectivity index (χ3n) is 5.53. The van der Waals surface area contributed by atoms with Crippen molar-refractivity contribution in [2.45, 2.75) is 32.4 Å². The number of fused-ring (bicyclic) bond motifs is 1. The normalized spacial score (nSPS) is 17.3. The van der Waals surface area contributed by atoms with Gasteiger partial charge in [0, 0.05) is 32.2 Å². The second kappa shape index (κ2) is 8.73. The second-order valence-electron chi connectivity index (χ2n) is 7.65. The zero-order chi connectivity index (χ0) is 20.2. The molecule has 1 N–H and O–H groups in total. The van der Waals surface area contributed by atoms with E-state index in [-0.39, 0.29) is 23.3 Å². The summed E-state index contributed by atoms with van der Waals surface area (Å²) in [4.78, 5) is 29.3. The summed E-state index contributed by atoms with van der Waals surface area (Å²) in [5, 5.41) is 7.21. The van der Waals surface area contributed by atoms with Crippen molar-refractivity contribution in [2.24, 2.45) is 0 Å². The molecule has 1 aromatic carbocycles. The molecule has 2 aromatic rings. The van der Waals surface area contributed by atoms with Crippen molar-refractivity contribution in [1.29, 1.82) is 0 Å². The van der Waals surface area contributed by atoms with Gasteiger partial charge in [-0.1, -0.05) is 18.6 Å². The van der Waals surface area contributed by atoms with Crippen LogP contribution in [0.2, 0.25) is 0 Å². The number of amides is 2. The molecule has 0 atom stereocenters. The van der Waals surface area contributed by atoms with E-state index in [1.807, 2.05) is 0 Å². The van der Waals surface area contributed by atoms with E-state index in [0.29, 0.717) is 31.9 Å². The van der Waals surface area contributed by atoms with Crippen molar-refractivity contribution in [3.63, 3.8) is 0 Å². The van der Waals surface area contributed by atoms with Crippen molar-refractivity contribution in [1.82, 2.24) is 24.9 Å². The topological polar surface area (TPSA) is 70.5 Å². The molecule has 0 unspecified atom stereocenters. The van der Waals surface area contributed by atoms with E-state index >= 15 is 0 Å². The Balaban J connectivity index is 1.35. The van der Waals surface area contributed by atoms with Crippen molar-refractivity contribution in [2.75, 3.05) is 32.7 Å². The van der Waals surface area contributed by atoms with Gasteiger partial charge in [0.2, 0.25) is 0 Å². The van der Waals surface area contributed by atoms with Crippen LogP contribution in [-0.2, 0) is 13.1 Å². The Bertz CT molecular complexity index is 891. The molecule has 154 valence electrons. The largest absolute Gasteiger partial charge is 0.349 e. The van der Waals surface area contributed by atoms with Gasteiger partial charge in [0.05, 0.1) is 6.54 Å². The molecule has 0 bridgehead atoms. The molecule has 3 heterocycles. The smallest absolute Gasteiger partial charge is 0.272 e. The lowest BCUT2D eigenvalue weighted by Crippen LogP contribution is -2.39. The molecule has 1 aromatic heterocycles. The average Bonchev–Trinajstić information content (AvgIpc) is 3.16. The van der Waals surface area contributed by atoms with E-state index in [4.69, 9.17) is 0 Å². The number of carbonyl (C=O) groups excluding carboxylic acids is 2. The van der Waals surface area contributed by atoms with Crippen LogP contribution in [0.1, 0.15) is 45.8 Å². The third kappa shape index (κ3) is 4.64. The maximum Gasteiger partial charge on any atom is 0.272 e. The van der Waals surface area contributed by atoms with Gasteiger partial charge in [-0.05, 0) is 43.6 Å². The third-order valence-corrected chi connectivity index (χ3v) is 5.53.